The van der Waals surface area contributed by atoms with Crippen LogP contribution >= 0.6 is 0 Å². The Hall–Kier alpha value is -1.09. The zero-order valence-electron chi connectivity index (χ0n) is 10.5. The van der Waals surface area contributed by atoms with E-state index in [4.69, 9.17) is 5.73 Å². The summed E-state index contributed by atoms with van der Waals surface area (Å²) in [5, 5.41) is 0. The average Bonchev–Trinajstić information content (AvgIpc) is 2.28. The molecule has 2 rings (SSSR count). The molecule has 1 aliphatic carbocycles. The lowest BCUT2D eigenvalue weighted by Crippen LogP contribution is -2.48. The van der Waals surface area contributed by atoms with Gasteiger partial charge in [0, 0.05) is 24.3 Å². The third-order valence-corrected chi connectivity index (χ3v) is 3.78. The van der Waals surface area contributed by atoms with Crippen molar-refractivity contribution in [2.75, 3.05) is 18.0 Å². The fraction of sp³-hybridized carbons (Fsp3) is 0.571. The molecule has 0 radical (unpaired) electrons. The maximum Gasteiger partial charge on any atom is 0.125 e. The minimum Gasteiger partial charge on any atom is -0.372 e. The van der Waals surface area contributed by atoms with Gasteiger partial charge in [-0.25, -0.2) is 4.39 Å². The molecule has 94 valence electrons. The van der Waals surface area contributed by atoms with Crippen LogP contribution in [-0.4, -0.2) is 18.6 Å². The molecule has 0 atom stereocenters. The summed E-state index contributed by atoms with van der Waals surface area (Å²) in [5.41, 5.74) is 7.21. The van der Waals surface area contributed by atoms with Crippen LogP contribution in [0.25, 0.3) is 0 Å². The number of nitrogens with two attached hydrogens (primary N) is 1. The average molecular weight is 236 g/mol. The molecular weight excluding hydrogens is 215 g/mol. The maximum absolute atomic E-state index is 13.2. The van der Waals surface area contributed by atoms with Gasteiger partial charge in [-0.2, -0.15) is 0 Å². The number of nitrogens with zero attached hydrogens (tertiary/aromatic N) is 1. The number of rotatable bonds is 5. The van der Waals surface area contributed by atoms with Crippen LogP contribution in [-0.2, 0) is 0 Å². The Balaban J connectivity index is 1.96. The van der Waals surface area contributed by atoms with E-state index in [1.807, 2.05) is 6.07 Å². The van der Waals surface area contributed by atoms with Gasteiger partial charge in [0.1, 0.15) is 5.82 Å². The molecule has 1 aromatic carbocycles. The van der Waals surface area contributed by atoms with Crippen LogP contribution in [0.3, 0.4) is 0 Å². The number of anilines is 1. The summed E-state index contributed by atoms with van der Waals surface area (Å²) in [7, 11) is 0. The number of benzene rings is 1. The van der Waals surface area contributed by atoms with Crippen molar-refractivity contribution >= 4 is 5.69 Å². The highest BCUT2D eigenvalue weighted by atomic mass is 19.1. The molecule has 1 saturated carbocycles. The third-order valence-electron chi connectivity index (χ3n) is 3.78. The van der Waals surface area contributed by atoms with E-state index in [0.29, 0.717) is 0 Å². The second kappa shape index (κ2) is 5.05. The topological polar surface area (TPSA) is 29.3 Å². The highest BCUT2D eigenvalue weighted by Crippen LogP contribution is 2.32. The summed E-state index contributed by atoms with van der Waals surface area (Å²) < 4.78 is 13.2. The first-order valence-electron chi connectivity index (χ1n) is 6.42. The number of hydrogen-bond acceptors (Lipinski definition) is 2. The third kappa shape index (κ3) is 2.97. The normalized spacial score (nSPS) is 17.6. The molecule has 1 fully saturated rings. The van der Waals surface area contributed by atoms with E-state index in [1.54, 1.807) is 12.1 Å². The Morgan fingerprint density at radius 1 is 1.41 bits per heavy atom. The van der Waals surface area contributed by atoms with Crippen LogP contribution in [0, 0.1) is 5.82 Å². The summed E-state index contributed by atoms with van der Waals surface area (Å²) in [6, 6.07) is 6.78. The monoisotopic (exact) mass is 236 g/mol. The first-order chi connectivity index (χ1) is 8.13. The van der Waals surface area contributed by atoms with Crippen molar-refractivity contribution in [1.29, 1.82) is 0 Å². The summed E-state index contributed by atoms with van der Waals surface area (Å²) in [5.74, 6) is -0.174. The summed E-state index contributed by atoms with van der Waals surface area (Å²) >= 11 is 0. The lowest BCUT2D eigenvalue weighted by molar-refractivity contribution is 0.234. The first-order valence-corrected chi connectivity index (χ1v) is 6.42. The molecule has 0 aliphatic heterocycles. The molecule has 0 heterocycles. The van der Waals surface area contributed by atoms with Crippen molar-refractivity contribution < 1.29 is 4.39 Å². The first kappa shape index (κ1) is 12.4. The molecule has 0 bridgehead atoms. The number of halogens is 1. The van der Waals surface area contributed by atoms with Crippen LogP contribution in [0.5, 0.6) is 0 Å². The Morgan fingerprint density at radius 3 is 2.71 bits per heavy atom. The van der Waals surface area contributed by atoms with Crippen molar-refractivity contribution in [2.24, 2.45) is 5.73 Å². The molecule has 0 unspecified atom stereocenters. The van der Waals surface area contributed by atoms with Crippen molar-refractivity contribution in [3.05, 3.63) is 30.1 Å². The largest absolute Gasteiger partial charge is 0.372 e. The second-order valence-electron chi connectivity index (χ2n) is 5.03. The highest BCUT2D eigenvalue weighted by molar-refractivity contribution is 5.46. The van der Waals surface area contributed by atoms with Gasteiger partial charge in [-0.3, -0.25) is 0 Å². The zero-order chi connectivity index (χ0) is 12.3. The fourth-order valence-corrected chi connectivity index (χ4v) is 2.38. The van der Waals surface area contributed by atoms with Crippen LogP contribution in [0.4, 0.5) is 10.1 Å². The zero-order valence-corrected chi connectivity index (χ0v) is 10.5. The van der Waals surface area contributed by atoms with Gasteiger partial charge in [0.2, 0.25) is 0 Å². The Labute approximate surface area is 103 Å². The molecule has 3 heteroatoms. The van der Waals surface area contributed by atoms with Gasteiger partial charge >= 0.3 is 0 Å². The summed E-state index contributed by atoms with van der Waals surface area (Å²) in [6.45, 7) is 3.89. The van der Waals surface area contributed by atoms with Crippen LogP contribution in [0.15, 0.2) is 24.3 Å². The SMILES string of the molecule is CCN(CCC1(N)CCC1)c1cccc(F)c1. The maximum atomic E-state index is 13.2. The van der Waals surface area contributed by atoms with Crippen LogP contribution < -0.4 is 10.6 Å². The lowest BCUT2D eigenvalue weighted by Gasteiger charge is -2.40. The Morgan fingerprint density at radius 2 is 2.18 bits per heavy atom. The van der Waals surface area contributed by atoms with Gasteiger partial charge in [0.25, 0.3) is 0 Å². The number of hydrogen-bond donors (Lipinski definition) is 1. The van der Waals surface area contributed by atoms with Gasteiger partial charge < -0.3 is 10.6 Å². The molecule has 1 aromatic rings. The van der Waals surface area contributed by atoms with Gasteiger partial charge in [-0.15, -0.1) is 0 Å². The lowest BCUT2D eigenvalue weighted by atomic mass is 9.75. The van der Waals surface area contributed by atoms with Crippen LogP contribution in [0.1, 0.15) is 32.6 Å². The van der Waals surface area contributed by atoms with E-state index in [1.165, 1.54) is 12.5 Å². The van der Waals surface area contributed by atoms with E-state index < -0.39 is 0 Å². The molecular formula is C14H21FN2. The minimum atomic E-state index is -0.174. The van der Waals surface area contributed by atoms with E-state index in [-0.39, 0.29) is 11.4 Å². The molecule has 2 nitrogen and oxygen atoms in total. The van der Waals surface area contributed by atoms with Gasteiger partial charge in [-0.05, 0) is 50.8 Å². The van der Waals surface area contributed by atoms with Gasteiger partial charge in [0.15, 0.2) is 0 Å². The van der Waals surface area contributed by atoms with Crippen molar-refractivity contribution in [2.45, 2.75) is 38.1 Å². The standard InChI is InChI=1S/C14H21FN2/c1-2-17(10-9-14(16)7-4-8-14)13-6-3-5-12(15)11-13/h3,5-6,11H,2,4,7-10,16H2,1H3. The molecule has 0 spiro atoms. The Kier molecular flexibility index (Phi) is 3.67. The Bertz CT molecular complexity index is 374. The molecule has 2 N–H and O–H groups in total. The van der Waals surface area contributed by atoms with Gasteiger partial charge in [0.05, 0.1) is 0 Å². The second-order valence-corrected chi connectivity index (χ2v) is 5.03. The molecule has 1 aliphatic rings. The fourth-order valence-electron chi connectivity index (χ4n) is 2.38. The molecule has 0 saturated heterocycles. The van der Waals surface area contributed by atoms with Gasteiger partial charge in [-0.1, -0.05) is 6.07 Å². The quantitative estimate of drug-likeness (QED) is 0.851. The molecule has 17 heavy (non-hydrogen) atoms. The minimum absolute atomic E-state index is 0.0424. The van der Waals surface area contributed by atoms with E-state index in [2.05, 4.69) is 11.8 Å². The smallest absolute Gasteiger partial charge is 0.125 e. The van der Waals surface area contributed by atoms with Crippen molar-refractivity contribution in [1.82, 2.24) is 0 Å². The van der Waals surface area contributed by atoms with E-state index in [9.17, 15) is 4.39 Å². The summed E-state index contributed by atoms with van der Waals surface area (Å²) in [4.78, 5) is 2.19. The van der Waals surface area contributed by atoms with Crippen LogP contribution in [0.2, 0.25) is 0 Å². The van der Waals surface area contributed by atoms with E-state index in [0.717, 1.165) is 38.0 Å². The molecule has 0 aromatic heterocycles. The van der Waals surface area contributed by atoms with E-state index >= 15 is 0 Å². The predicted molar refractivity (Wildman–Crippen MR) is 69.7 cm³/mol. The van der Waals surface area contributed by atoms with Crippen molar-refractivity contribution in [3.63, 3.8) is 0 Å². The molecule has 0 amide bonds. The predicted octanol–water partition coefficient (Wildman–Crippen LogP) is 2.92. The van der Waals surface area contributed by atoms with Crippen molar-refractivity contribution in [3.8, 4) is 0 Å². The highest BCUT2D eigenvalue weighted by Gasteiger charge is 2.32. The summed E-state index contributed by atoms with van der Waals surface area (Å²) in [6.07, 6.45) is 4.52.